The summed E-state index contributed by atoms with van der Waals surface area (Å²) in [5.74, 6) is 0.781. The van der Waals surface area contributed by atoms with Gasteiger partial charge < -0.3 is 4.74 Å². The molecule has 4 rings (SSSR count). The molecule has 0 radical (unpaired) electrons. The minimum atomic E-state index is -0.162. The van der Waals surface area contributed by atoms with Crippen molar-refractivity contribution in [1.82, 2.24) is 14.8 Å². The molecule has 0 atom stereocenters. The van der Waals surface area contributed by atoms with E-state index in [9.17, 15) is 4.79 Å². The third-order valence-corrected chi connectivity index (χ3v) is 5.12. The molecule has 0 fully saturated rings. The first-order valence-corrected chi connectivity index (χ1v) is 9.04. The molecule has 0 saturated carbocycles. The van der Waals surface area contributed by atoms with Gasteiger partial charge in [0.2, 0.25) is 0 Å². The largest absolute Gasteiger partial charge is 0.497 e. The van der Waals surface area contributed by atoms with Crippen molar-refractivity contribution < 1.29 is 4.74 Å². The lowest BCUT2D eigenvalue weighted by Gasteiger charge is -2.09. The molecule has 26 heavy (non-hydrogen) atoms. The maximum atomic E-state index is 12.9. The fourth-order valence-electron chi connectivity index (χ4n) is 2.87. The van der Waals surface area contributed by atoms with E-state index in [2.05, 4.69) is 10.1 Å². The van der Waals surface area contributed by atoms with Gasteiger partial charge in [-0.15, -0.1) is 11.3 Å². The lowest BCUT2D eigenvalue weighted by atomic mass is 10.1. The summed E-state index contributed by atoms with van der Waals surface area (Å²) >= 11 is 1.49. The zero-order valence-corrected chi connectivity index (χ0v) is 15.3. The molecule has 0 spiro atoms. The molecule has 0 unspecified atom stereocenters. The minimum absolute atomic E-state index is 0.162. The first kappa shape index (κ1) is 16.5. The molecule has 2 aromatic carbocycles. The molecule has 0 aliphatic heterocycles. The fraction of sp³-hybridized carbons (Fsp3) is 0.150. The highest BCUT2D eigenvalue weighted by Crippen LogP contribution is 2.30. The molecule has 0 N–H and O–H groups in total. The highest BCUT2D eigenvalue weighted by atomic mass is 32.1. The summed E-state index contributed by atoms with van der Waals surface area (Å²) in [4.78, 5) is 17.3. The molecule has 0 aliphatic carbocycles. The molecule has 6 heteroatoms. The van der Waals surface area contributed by atoms with E-state index < -0.39 is 0 Å². The van der Waals surface area contributed by atoms with Gasteiger partial charge in [0.25, 0.3) is 5.56 Å². The van der Waals surface area contributed by atoms with Crippen LogP contribution in [0.4, 0.5) is 0 Å². The van der Waals surface area contributed by atoms with Crippen molar-refractivity contribution in [2.24, 2.45) is 0 Å². The molecule has 0 amide bonds. The lowest BCUT2D eigenvalue weighted by molar-refractivity contribution is 0.415. The van der Waals surface area contributed by atoms with Crippen LogP contribution in [0.2, 0.25) is 0 Å². The predicted molar refractivity (Wildman–Crippen MR) is 104 cm³/mol. The van der Waals surface area contributed by atoms with Gasteiger partial charge in [-0.25, -0.2) is 9.67 Å². The maximum absolute atomic E-state index is 12.9. The molecular weight excluding hydrogens is 346 g/mol. The highest BCUT2D eigenvalue weighted by molar-refractivity contribution is 7.19. The van der Waals surface area contributed by atoms with Crippen molar-refractivity contribution in [3.8, 4) is 17.0 Å². The Kier molecular flexibility index (Phi) is 4.26. The van der Waals surface area contributed by atoms with Crippen molar-refractivity contribution in [2.75, 3.05) is 7.11 Å². The maximum Gasteiger partial charge on any atom is 0.294 e. The van der Waals surface area contributed by atoms with Gasteiger partial charge in [0, 0.05) is 5.56 Å². The molecule has 2 aromatic heterocycles. The molecule has 4 aromatic rings. The molecule has 0 bridgehead atoms. The van der Waals surface area contributed by atoms with Crippen LogP contribution in [0.1, 0.15) is 10.6 Å². The van der Waals surface area contributed by atoms with E-state index >= 15 is 0 Å². The van der Waals surface area contributed by atoms with Crippen molar-refractivity contribution >= 4 is 21.6 Å². The summed E-state index contributed by atoms with van der Waals surface area (Å²) in [6.45, 7) is 2.32. The van der Waals surface area contributed by atoms with E-state index in [-0.39, 0.29) is 5.56 Å². The summed E-state index contributed by atoms with van der Waals surface area (Å²) in [6, 6.07) is 17.5. The fourth-order valence-corrected chi connectivity index (χ4v) is 3.78. The second-order valence-corrected chi connectivity index (χ2v) is 7.14. The van der Waals surface area contributed by atoms with Gasteiger partial charge in [0.1, 0.15) is 11.4 Å². The number of aryl methyl sites for hydroxylation is 1. The van der Waals surface area contributed by atoms with Crippen molar-refractivity contribution in [1.29, 1.82) is 0 Å². The zero-order chi connectivity index (χ0) is 18.1. The lowest BCUT2D eigenvalue weighted by Crippen LogP contribution is -2.24. The normalized spacial score (nSPS) is 11.0. The van der Waals surface area contributed by atoms with E-state index in [0.717, 1.165) is 32.3 Å². The van der Waals surface area contributed by atoms with Crippen molar-refractivity contribution in [3.63, 3.8) is 0 Å². The van der Waals surface area contributed by atoms with Crippen LogP contribution in [0.3, 0.4) is 0 Å². The van der Waals surface area contributed by atoms with Crippen LogP contribution in [-0.4, -0.2) is 21.9 Å². The second kappa shape index (κ2) is 6.72. The summed E-state index contributed by atoms with van der Waals surface area (Å²) < 4.78 is 7.55. The number of nitrogens with zero attached hydrogens (tertiary/aromatic N) is 3. The van der Waals surface area contributed by atoms with Gasteiger partial charge >= 0.3 is 0 Å². The smallest absolute Gasteiger partial charge is 0.294 e. The molecule has 0 saturated heterocycles. The van der Waals surface area contributed by atoms with E-state index in [1.54, 1.807) is 7.11 Å². The summed E-state index contributed by atoms with van der Waals surface area (Å²) in [6.07, 6.45) is 0. The van der Waals surface area contributed by atoms with Gasteiger partial charge in [-0.3, -0.25) is 4.79 Å². The van der Waals surface area contributed by atoms with Crippen molar-refractivity contribution in [2.45, 2.75) is 13.5 Å². The van der Waals surface area contributed by atoms with E-state index in [0.29, 0.717) is 12.1 Å². The third kappa shape index (κ3) is 2.99. The minimum Gasteiger partial charge on any atom is -0.497 e. The van der Waals surface area contributed by atoms with Crippen LogP contribution in [0, 0.1) is 6.92 Å². The molecule has 0 aliphatic rings. The van der Waals surface area contributed by atoms with Gasteiger partial charge in [-0.2, -0.15) is 5.10 Å². The van der Waals surface area contributed by atoms with E-state index in [4.69, 9.17) is 4.74 Å². The van der Waals surface area contributed by atoms with Gasteiger partial charge in [-0.05, 0) is 36.8 Å². The van der Waals surface area contributed by atoms with Crippen LogP contribution in [0.25, 0.3) is 21.5 Å². The van der Waals surface area contributed by atoms with Gasteiger partial charge in [-0.1, -0.05) is 30.3 Å². The van der Waals surface area contributed by atoms with Crippen LogP contribution in [0.5, 0.6) is 5.75 Å². The molecule has 2 heterocycles. The van der Waals surface area contributed by atoms with Crippen molar-refractivity contribution in [3.05, 3.63) is 75.5 Å². The van der Waals surface area contributed by atoms with Gasteiger partial charge in [0.15, 0.2) is 5.52 Å². The SMILES string of the molecule is COc1ccc(-c2nn(Cc3ccccc3)c(=O)c3nc(C)sc23)cc1. The Morgan fingerprint density at radius 3 is 2.50 bits per heavy atom. The second-order valence-electron chi connectivity index (χ2n) is 5.94. The Balaban J connectivity index is 1.90. The highest BCUT2D eigenvalue weighted by Gasteiger charge is 2.16. The molecule has 5 nitrogen and oxygen atoms in total. The Labute approximate surface area is 154 Å². The Bertz CT molecular complexity index is 1120. The van der Waals surface area contributed by atoms with Gasteiger partial charge in [0.05, 0.1) is 23.4 Å². The van der Waals surface area contributed by atoms with Crippen LogP contribution >= 0.6 is 11.3 Å². The first-order chi connectivity index (χ1) is 12.7. The quantitative estimate of drug-likeness (QED) is 0.552. The topological polar surface area (TPSA) is 57.0 Å². The number of fused-ring (bicyclic) bond motifs is 1. The number of thiazole rings is 1. The summed E-state index contributed by atoms with van der Waals surface area (Å²) in [5.41, 5.74) is 3.04. The predicted octanol–water partition coefficient (Wildman–Crippen LogP) is 3.89. The number of methoxy groups -OCH3 is 1. The van der Waals surface area contributed by atoms with Crippen LogP contribution < -0.4 is 10.3 Å². The number of ether oxygens (including phenoxy) is 1. The first-order valence-electron chi connectivity index (χ1n) is 8.22. The van der Waals surface area contributed by atoms with E-state index in [1.165, 1.54) is 16.0 Å². The van der Waals surface area contributed by atoms with Crippen LogP contribution in [0.15, 0.2) is 59.4 Å². The number of hydrogen-bond acceptors (Lipinski definition) is 5. The number of rotatable bonds is 4. The monoisotopic (exact) mass is 363 g/mol. The Morgan fingerprint density at radius 1 is 1.08 bits per heavy atom. The Hall–Kier alpha value is -2.99. The average molecular weight is 363 g/mol. The number of aromatic nitrogens is 3. The number of hydrogen-bond donors (Lipinski definition) is 0. The Morgan fingerprint density at radius 2 is 1.81 bits per heavy atom. The summed E-state index contributed by atoms with van der Waals surface area (Å²) in [7, 11) is 1.64. The number of benzene rings is 2. The summed E-state index contributed by atoms with van der Waals surface area (Å²) in [5, 5.41) is 5.52. The third-order valence-electron chi connectivity index (χ3n) is 4.15. The molecular formula is C20H17N3O2S. The van der Waals surface area contributed by atoms with Crippen LogP contribution in [-0.2, 0) is 6.54 Å². The standard InChI is InChI=1S/C20H17N3O2S/c1-13-21-18-19(26-13)17(15-8-10-16(25-2)11-9-15)22-23(20(18)24)12-14-6-4-3-5-7-14/h3-11H,12H2,1-2H3. The zero-order valence-electron chi connectivity index (χ0n) is 14.5. The van der Waals surface area contributed by atoms with E-state index in [1.807, 2.05) is 61.5 Å². The average Bonchev–Trinajstić information content (AvgIpc) is 3.07. The molecule has 130 valence electrons.